The van der Waals surface area contributed by atoms with E-state index in [1.807, 2.05) is 18.3 Å². The lowest BCUT2D eigenvalue weighted by Gasteiger charge is -2.27. The van der Waals surface area contributed by atoms with Gasteiger partial charge in [-0.3, -0.25) is 0 Å². The Hall–Kier alpha value is -1.48. The number of hydrogen-bond acceptors (Lipinski definition) is 2. The molecule has 1 aliphatic heterocycles. The summed E-state index contributed by atoms with van der Waals surface area (Å²) in [5.41, 5.74) is 2.38. The smallest absolute Gasteiger partial charge is 0.143 e. The second-order valence-electron chi connectivity index (χ2n) is 4.05. The molecule has 0 aliphatic carbocycles. The van der Waals surface area contributed by atoms with Gasteiger partial charge in [0.15, 0.2) is 0 Å². The number of rotatable bonds is 2. The lowest BCUT2D eigenvalue weighted by molar-refractivity contribution is 0.144. The molecule has 3 heteroatoms. The summed E-state index contributed by atoms with van der Waals surface area (Å²) in [7, 11) is 0. The van der Waals surface area contributed by atoms with Crippen molar-refractivity contribution < 1.29 is 4.74 Å². The summed E-state index contributed by atoms with van der Waals surface area (Å²) in [6, 6.07) is 6.19. The maximum absolute atomic E-state index is 5.88. The van der Waals surface area contributed by atoms with Crippen molar-refractivity contribution in [1.82, 2.24) is 10.3 Å². The van der Waals surface area contributed by atoms with Gasteiger partial charge in [0.2, 0.25) is 0 Å². The molecule has 1 aromatic heterocycles. The van der Waals surface area contributed by atoms with Gasteiger partial charge in [0.05, 0.1) is 5.52 Å². The number of aryl methyl sites for hydroxylation is 1. The molecule has 2 N–H and O–H groups in total. The summed E-state index contributed by atoms with van der Waals surface area (Å²) in [4.78, 5) is 3.26. The molecule has 0 spiro atoms. The van der Waals surface area contributed by atoms with Crippen LogP contribution in [0.1, 0.15) is 5.56 Å². The molecule has 2 aromatic rings. The van der Waals surface area contributed by atoms with E-state index in [0.717, 1.165) is 24.4 Å². The Morgan fingerprint density at radius 1 is 1.33 bits per heavy atom. The van der Waals surface area contributed by atoms with E-state index in [2.05, 4.69) is 23.3 Å². The van der Waals surface area contributed by atoms with Gasteiger partial charge in [-0.1, -0.05) is 12.1 Å². The Balaban J connectivity index is 2.01. The number of aromatic nitrogens is 1. The van der Waals surface area contributed by atoms with E-state index < -0.39 is 0 Å². The highest BCUT2D eigenvalue weighted by Gasteiger charge is 2.19. The molecule has 0 unspecified atom stereocenters. The third-order valence-corrected chi connectivity index (χ3v) is 2.92. The van der Waals surface area contributed by atoms with Gasteiger partial charge in [-0.05, 0) is 18.6 Å². The minimum atomic E-state index is 0.333. The minimum Gasteiger partial charge on any atom is -0.486 e. The minimum absolute atomic E-state index is 0.333. The Kier molecular flexibility index (Phi) is 1.92. The first kappa shape index (κ1) is 8.80. The first-order valence-corrected chi connectivity index (χ1v) is 5.28. The third-order valence-electron chi connectivity index (χ3n) is 2.92. The highest BCUT2D eigenvalue weighted by molar-refractivity contribution is 5.88. The Morgan fingerprint density at radius 3 is 2.93 bits per heavy atom. The number of nitrogens with one attached hydrogen (secondary N) is 2. The largest absolute Gasteiger partial charge is 0.486 e. The topological polar surface area (TPSA) is 37.0 Å². The van der Waals surface area contributed by atoms with Crippen LogP contribution < -0.4 is 10.1 Å². The molecule has 1 fully saturated rings. The van der Waals surface area contributed by atoms with E-state index in [4.69, 9.17) is 4.74 Å². The van der Waals surface area contributed by atoms with E-state index in [-0.39, 0.29) is 0 Å². The number of aromatic amines is 1. The molecule has 0 atom stereocenters. The van der Waals surface area contributed by atoms with Gasteiger partial charge in [0, 0.05) is 24.7 Å². The predicted molar refractivity (Wildman–Crippen MR) is 60.3 cm³/mol. The zero-order valence-corrected chi connectivity index (χ0v) is 8.71. The molecule has 0 radical (unpaired) electrons. The van der Waals surface area contributed by atoms with Crippen LogP contribution in [0, 0.1) is 6.92 Å². The van der Waals surface area contributed by atoms with Gasteiger partial charge in [0.25, 0.3) is 0 Å². The SMILES string of the molecule is Cc1c[nH]c2c(OC3CNC3)cccc12. The highest BCUT2D eigenvalue weighted by atomic mass is 16.5. The van der Waals surface area contributed by atoms with Gasteiger partial charge in [0.1, 0.15) is 11.9 Å². The molecule has 3 rings (SSSR count). The quantitative estimate of drug-likeness (QED) is 0.779. The monoisotopic (exact) mass is 202 g/mol. The molecule has 15 heavy (non-hydrogen) atoms. The fourth-order valence-corrected chi connectivity index (χ4v) is 1.89. The van der Waals surface area contributed by atoms with Crippen molar-refractivity contribution in [2.45, 2.75) is 13.0 Å². The average Bonchev–Trinajstić information content (AvgIpc) is 2.55. The zero-order chi connectivity index (χ0) is 10.3. The second-order valence-corrected chi connectivity index (χ2v) is 4.05. The number of para-hydroxylation sites is 1. The first-order chi connectivity index (χ1) is 7.34. The zero-order valence-electron chi connectivity index (χ0n) is 8.71. The van der Waals surface area contributed by atoms with Crippen molar-refractivity contribution in [2.75, 3.05) is 13.1 Å². The van der Waals surface area contributed by atoms with Crippen LogP contribution >= 0.6 is 0 Å². The first-order valence-electron chi connectivity index (χ1n) is 5.28. The van der Waals surface area contributed by atoms with Gasteiger partial charge >= 0.3 is 0 Å². The summed E-state index contributed by atoms with van der Waals surface area (Å²) < 4.78 is 5.88. The maximum Gasteiger partial charge on any atom is 0.143 e. The molecule has 1 aromatic carbocycles. The van der Waals surface area contributed by atoms with E-state index >= 15 is 0 Å². The van der Waals surface area contributed by atoms with Crippen LogP contribution in [0.3, 0.4) is 0 Å². The van der Waals surface area contributed by atoms with Gasteiger partial charge in [-0.25, -0.2) is 0 Å². The predicted octanol–water partition coefficient (Wildman–Crippen LogP) is 1.83. The van der Waals surface area contributed by atoms with Gasteiger partial charge in [-0.15, -0.1) is 0 Å². The van der Waals surface area contributed by atoms with Crippen LogP contribution in [0.25, 0.3) is 10.9 Å². The summed E-state index contributed by atoms with van der Waals surface area (Å²) in [5, 5.41) is 4.45. The molecule has 2 heterocycles. The molecular formula is C12H14N2O. The summed E-state index contributed by atoms with van der Waals surface area (Å²) in [6.07, 6.45) is 2.36. The number of H-pyrrole nitrogens is 1. The molecule has 1 saturated heterocycles. The fourth-order valence-electron chi connectivity index (χ4n) is 1.89. The van der Waals surface area contributed by atoms with E-state index in [1.54, 1.807) is 0 Å². The van der Waals surface area contributed by atoms with Gasteiger partial charge in [-0.2, -0.15) is 0 Å². The van der Waals surface area contributed by atoms with E-state index in [9.17, 15) is 0 Å². The molecule has 3 nitrogen and oxygen atoms in total. The molecule has 0 bridgehead atoms. The maximum atomic E-state index is 5.88. The summed E-state index contributed by atoms with van der Waals surface area (Å²) in [6.45, 7) is 4.01. The number of fused-ring (bicyclic) bond motifs is 1. The summed E-state index contributed by atoms with van der Waals surface area (Å²) >= 11 is 0. The Labute approximate surface area is 88.4 Å². The van der Waals surface area contributed by atoms with Crippen LogP contribution in [-0.2, 0) is 0 Å². The molecule has 0 amide bonds. The lowest BCUT2D eigenvalue weighted by Crippen LogP contribution is -2.50. The number of ether oxygens (including phenoxy) is 1. The van der Waals surface area contributed by atoms with Gasteiger partial charge < -0.3 is 15.0 Å². The van der Waals surface area contributed by atoms with Crippen LogP contribution in [-0.4, -0.2) is 24.2 Å². The highest BCUT2D eigenvalue weighted by Crippen LogP contribution is 2.27. The number of benzene rings is 1. The van der Waals surface area contributed by atoms with Crippen molar-refractivity contribution in [2.24, 2.45) is 0 Å². The van der Waals surface area contributed by atoms with Crippen molar-refractivity contribution in [3.8, 4) is 5.75 Å². The number of hydrogen-bond donors (Lipinski definition) is 2. The third kappa shape index (κ3) is 1.39. The molecule has 78 valence electrons. The van der Waals surface area contributed by atoms with Crippen molar-refractivity contribution in [3.63, 3.8) is 0 Å². The normalized spacial score (nSPS) is 16.6. The lowest BCUT2D eigenvalue weighted by atomic mass is 10.2. The van der Waals surface area contributed by atoms with E-state index in [0.29, 0.717) is 6.10 Å². The molecule has 0 saturated carbocycles. The molecular weight excluding hydrogens is 188 g/mol. The van der Waals surface area contributed by atoms with Crippen molar-refractivity contribution in [3.05, 3.63) is 30.0 Å². The van der Waals surface area contributed by atoms with Crippen LogP contribution in [0.5, 0.6) is 5.75 Å². The Morgan fingerprint density at radius 2 is 2.20 bits per heavy atom. The Bertz CT molecular complexity index is 485. The van der Waals surface area contributed by atoms with E-state index in [1.165, 1.54) is 10.9 Å². The van der Waals surface area contributed by atoms with Crippen LogP contribution in [0.4, 0.5) is 0 Å². The van der Waals surface area contributed by atoms with Crippen LogP contribution in [0.15, 0.2) is 24.4 Å². The average molecular weight is 202 g/mol. The second kappa shape index (κ2) is 3.28. The van der Waals surface area contributed by atoms with Crippen LogP contribution in [0.2, 0.25) is 0 Å². The van der Waals surface area contributed by atoms with Crippen molar-refractivity contribution >= 4 is 10.9 Å². The summed E-state index contributed by atoms with van der Waals surface area (Å²) in [5.74, 6) is 0.965. The standard InChI is InChI=1S/C12H14N2O/c1-8-5-14-12-10(8)3-2-4-11(12)15-9-6-13-7-9/h2-5,9,13-14H,6-7H2,1H3. The fraction of sp³-hybridized carbons (Fsp3) is 0.333. The molecule has 1 aliphatic rings. The van der Waals surface area contributed by atoms with Crippen molar-refractivity contribution in [1.29, 1.82) is 0 Å².